The van der Waals surface area contributed by atoms with Gasteiger partial charge in [-0.25, -0.2) is 4.79 Å². The molecule has 31 heavy (non-hydrogen) atoms. The molecule has 172 valence electrons. The Balaban J connectivity index is 2.30. The van der Waals surface area contributed by atoms with Crippen molar-refractivity contribution >= 4 is 31.0 Å². The van der Waals surface area contributed by atoms with Crippen LogP contribution in [0, 0.1) is 0 Å². The molecule has 1 aliphatic rings. The second kappa shape index (κ2) is 9.07. The molecule has 0 aliphatic carbocycles. The molecule has 1 N–H and O–H groups in total. The molecule has 1 saturated heterocycles. The molecular weight excluding hydrogens is 430 g/mol. The third-order valence-corrected chi connectivity index (χ3v) is 5.56. The Hall–Kier alpha value is -1.65. The number of carbonyl (C=O) groups excluding carboxylic acids is 1. The van der Waals surface area contributed by atoms with E-state index in [4.69, 9.17) is 14.0 Å². The Kier molecular flexibility index (Phi) is 7.50. The molecule has 0 radical (unpaired) electrons. The molecule has 1 aliphatic heterocycles. The lowest BCUT2D eigenvalue weighted by atomic mass is 9.77. The van der Waals surface area contributed by atoms with Crippen LogP contribution in [0.15, 0.2) is 34.6 Å². The molecule has 1 aromatic carbocycles. The fourth-order valence-electron chi connectivity index (χ4n) is 2.70. The van der Waals surface area contributed by atoms with Crippen molar-refractivity contribution < 1.29 is 32.0 Å². The lowest BCUT2D eigenvalue weighted by Gasteiger charge is -2.32. The van der Waals surface area contributed by atoms with E-state index in [2.05, 4.69) is 5.32 Å². The summed E-state index contributed by atoms with van der Waals surface area (Å²) in [7, 11) is -0.779. The number of benzene rings is 1. The fraction of sp³-hybridized carbons (Fsp3) is 0.571. The van der Waals surface area contributed by atoms with Gasteiger partial charge in [0, 0.05) is 11.4 Å². The Morgan fingerprint density at radius 2 is 1.74 bits per heavy atom. The van der Waals surface area contributed by atoms with Gasteiger partial charge in [-0.3, -0.25) is 0 Å². The van der Waals surface area contributed by atoms with Crippen LogP contribution in [0.1, 0.15) is 54.0 Å². The molecule has 2 rings (SSSR count). The maximum absolute atomic E-state index is 12.7. The maximum Gasteiger partial charge on any atom is 0.492 e. The predicted octanol–water partition coefficient (Wildman–Crippen LogP) is 5.84. The number of alkyl carbamates (subject to hydrolysis) is 1. The number of ether oxygens (including phenoxy) is 1. The maximum atomic E-state index is 12.7. The van der Waals surface area contributed by atoms with Crippen LogP contribution in [0.3, 0.4) is 0 Å². The van der Waals surface area contributed by atoms with Crippen molar-refractivity contribution in [2.75, 3.05) is 6.54 Å². The highest BCUT2D eigenvalue weighted by Crippen LogP contribution is 2.39. The Morgan fingerprint density at radius 1 is 1.16 bits per heavy atom. The highest BCUT2D eigenvalue weighted by atomic mass is 32.2. The molecule has 1 amide bonds. The first-order chi connectivity index (χ1) is 14.0. The Bertz CT molecular complexity index is 819. The number of halogens is 3. The molecule has 0 aromatic heterocycles. The van der Waals surface area contributed by atoms with E-state index in [0.29, 0.717) is 11.0 Å². The summed E-state index contributed by atoms with van der Waals surface area (Å²) in [5.41, 5.74) is -5.19. The van der Waals surface area contributed by atoms with Gasteiger partial charge in [0.25, 0.3) is 0 Å². The summed E-state index contributed by atoms with van der Waals surface area (Å²) >= 11 is -0.183. The van der Waals surface area contributed by atoms with Crippen molar-refractivity contribution in [1.29, 1.82) is 0 Å². The summed E-state index contributed by atoms with van der Waals surface area (Å²) < 4.78 is 55.6. The first kappa shape index (κ1) is 25.6. The lowest BCUT2D eigenvalue weighted by Crippen LogP contribution is -2.41. The van der Waals surface area contributed by atoms with Crippen LogP contribution in [0.25, 0.3) is 6.08 Å². The topological polar surface area (TPSA) is 56.8 Å². The zero-order valence-corrected chi connectivity index (χ0v) is 19.7. The van der Waals surface area contributed by atoms with Crippen molar-refractivity contribution in [2.45, 2.75) is 75.7 Å². The van der Waals surface area contributed by atoms with Gasteiger partial charge in [0.2, 0.25) is 0 Å². The smallest absolute Gasteiger partial charge is 0.444 e. The molecule has 5 nitrogen and oxygen atoms in total. The Labute approximate surface area is 186 Å². The van der Waals surface area contributed by atoms with Gasteiger partial charge in [0.15, 0.2) is 0 Å². The Morgan fingerprint density at radius 3 is 2.26 bits per heavy atom. The fourth-order valence-corrected chi connectivity index (χ4v) is 3.31. The van der Waals surface area contributed by atoms with E-state index in [0.717, 1.165) is 0 Å². The van der Waals surface area contributed by atoms with Crippen LogP contribution in [0.4, 0.5) is 18.0 Å². The third kappa shape index (κ3) is 7.77. The van der Waals surface area contributed by atoms with E-state index in [9.17, 15) is 18.0 Å². The standard InChI is InChI=1S/C21H29BF3NO4S/c1-18(2,3)28-17(27)26-13-15(22-29-19(4,5)20(6,7)30-22)11-14-9-8-10-16(12-14)31-21(23,24)25/h8-12H,13H2,1-7H3,(H,26,27). The number of hydrogen-bond donors (Lipinski definition) is 1. The minimum absolute atomic E-state index is 0.0440. The number of nitrogens with one attached hydrogen (secondary N) is 1. The normalized spacial score (nSPS) is 18.8. The molecule has 0 unspecified atom stereocenters. The minimum atomic E-state index is -4.38. The second-order valence-corrected chi connectivity index (χ2v) is 10.4. The van der Waals surface area contributed by atoms with Crippen LogP contribution < -0.4 is 5.32 Å². The van der Waals surface area contributed by atoms with Gasteiger partial charge in [-0.15, -0.1) is 0 Å². The molecule has 1 fully saturated rings. The highest BCUT2D eigenvalue weighted by molar-refractivity contribution is 8.00. The number of amides is 1. The van der Waals surface area contributed by atoms with E-state index in [1.165, 1.54) is 12.1 Å². The van der Waals surface area contributed by atoms with Gasteiger partial charge in [-0.1, -0.05) is 18.2 Å². The zero-order chi connectivity index (χ0) is 23.7. The average Bonchev–Trinajstić information content (AvgIpc) is 2.76. The van der Waals surface area contributed by atoms with Crippen molar-refractivity contribution in [3.8, 4) is 0 Å². The average molecular weight is 459 g/mol. The van der Waals surface area contributed by atoms with Crippen LogP contribution in [0.5, 0.6) is 0 Å². The quantitative estimate of drug-likeness (QED) is 0.443. The first-order valence-corrected chi connectivity index (χ1v) is 10.7. The summed E-state index contributed by atoms with van der Waals surface area (Å²) in [6, 6.07) is 6.04. The van der Waals surface area contributed by atoms with Crippen LogP contribution >= 0.6 is 11.8 Å². The summed E-state index contributed by atoms with van der Waals surface area (Å²) in [4.78, 5) is 12.2. The van der Waals surface area contributed by atoms with Gasteiger partial charge < -0.3 is 19.4 Å². The number of thioether (sulfide) groups is 1. The van der Waals surface area contributed by atoms with Crippen LogP contribution in [0.2, 0.25) is 0 Å². The van der Waals surface area contributed by atoms with E-state index in [1.54, 1.807) is 39.0 Å². The van der Waals surface area contributed by atoms with Crippen molar-refractivity contribution in [2.24, 2.45) is 0 Å². The first-order valence-electron chi connectivity index (χ1n) is 9.86. The molecular formula is C21H29BF3NO4S. The van der Waals surface area contributed by atoms with Gasteiger partial charge in [-0.05, 0) is 83.4 Å². The van der Waals surface area contributed by atoms with Crippen molar-refractivity contribution in [1.82, 2.24) is 5.32 Å². The molecule has 0 spiro atoms. The largest absolute Gasteiger partial charge is 0.492 e. The molecule has 1 aromatic rings. The zero-order valence-electron chi connectivity index (χ0n) is 18.8. The lowest BCUT2D eigenvalue weighted by molar-refractivity contribution is -0.0328. The predicted molar refractivity (Wildman–Crippen MR) is 117 cm³/mol. The SMILES string of the molecule is CC(C)(C)OC(=O)NCC(=Cc1cccc(SC(F)(F)F)c1)B1OC(C)(C)C(C)(C)O1. The second-order valence-electron chi connectivity index (χ2n) is 9.28. The summed E-state index contributed by atoms with van der Waals surface area (Å²) in [5.74, 6) is 0. The number of rotatable bonds is 5. The van der Waals surface area contributed by atoms with E-state index < -0.39 is 35.5 Å². The van der Waals surface area contributed by atoms with Gasteiger partial charge in [0.05, 0.1) is 11.2 Å². The third-order valence-electron chi connectivity index (χ3n) is 4.84. The van der Waals surface area contributed by atoms with E-state index >= 15 is 0 Å². The molecule has 10 heteroatoms. The molecule has 0 bridgehead atoms. The summed E-state index contributed by atoms with van der Waals surface area (Å²) in [6.45, 7) is 12.9. The van der Waals surface area contributed by atoms with Crippen LogP contribution in [-0.2, 0) is 14.0 Å². The van der Waals surface area contributed by atoms with Crippen molar-refractivity contribution in [3.05, 3.63) is 35.3 Å². The monoisotopic (exact) mass is 459 g/mol. The minimum Gasteiger partial charge on any atom is -0.444 e. The number of hydrogen-bond acceptors (Lipinski definition) is 5. The molecule has 0 atom stereocenters. The highest BCUT2D eigenvalue weighted by Gasteiger charge is 2.52. The number of alkyl halides is 3. The van der Waals surface area contributed by atoms with E-state index in [-0.39, 0.29) is 23.2 Å². The summed E-state index contributed by atoms with van der Waals surface area (Å²) in [5, 5.41) is 2.67. The van der Waals surface area contributed by atoms with E-state index in [1.807, 2.05) is 27.7 Å². The van der Waals surface area contributed by atoms with Crippen molar-refractivity contribution in [3.63, 3.8) is 0 Å². The van der Waals surface area contributed by atoms with Gasteiger partial charge in [-0.2, -0.15) is 13.2 Å². The van der Waals surface area contributed by atoms with Crippen LogP contribution in [-0.4, -0.2) is 42.1 Å². The molecule has 0 saturated carbocycles. The molecule has 1 heterocycles. The summed E-state index contributed by atoms with van der Waals surface area (Å²) in [6.07, 6.45) is 1.05. The van der Waals surface area contributed by atoms with Gasteiger partial charge >= 0.3 is 18.7 Å². The van der Waals surface area contributed by atoms with Gasteiger partial charge in [0.1, 0.15) is 5.60 Å². The number of carbonyl (C=O) groups is 1.